The number of halogens is 3. The van der Waals surface area contributed by atoms with E-state index in [1.54, 1.807) is 0 Å². The minimum atomic E-state index is -5.19. The summed E-state index contributed by atoms with van der Waals surface area (Å²) in [5.74, 6) is -4.02. The Morgan fingerprint density at radius 3 is 2.45 bits per heavy atom. The molecule has 0 radical (unpaired) electrons. The number of nitrogens with two attached hydrogens (primary N) is 1. The van der Waals surface area contributed by atoms with Gasteiger partial charge >= 0.3 is 16.6 Å². The van der Waals surface area contributed by atoms with Crippen molar-refractivity contribution in [3.8, 4) is 5.75 Å². The van der Waals surface area contributed by atoms with Crippen LogP contribution in [0, 0.1) is 11.8 Å². The number of nitrogens with one attached hydrogen (secondary N) is 1. The molecule has 1 unspecified atom stereocenters. The van der Waals surface area contributed by atoms with Gasteiger partial charge in [0.25, 0.3) is 5.91 Å². The number of benzene rings is 1. The molecular weight excluding hydrogens is 725 g/mol. The first-order valence-corrected chi connectivity index (χ1v) is 17.6. The molecule has 1 atom stereocenters. The molecule has 1 aromatic carbocycles. The van der Waals surface area contributed by atoms with Crippen LogP contribution >= 0.6 is 11.3 Å². The lowest BCUT2D eigenvalue weighted by Crippen LogP contribution is -2.68. The van der Waals surface area contributed by atoms with Crippen molar-refractivity contribution < 1.29 is 59.5 Å². The van der Waals surface area contributed by atoms with Gasteiger partial charge in [-0.15, -0.1) is 15.6 Å². The number of piperidine rings is 1. The number of amides is 1. The molecule has 5 rings (SSSR count). The minimum Gasteiger partial charge on any atom is -0.542 e. The molecule has 2 fully saturated rings. The van der Waals surface area contributed by atoms with Gasteiger partial charge in [-0.25, -0.2) is 4.98 Å². The highest BCUT2D eigenvalue weighted by atomic mass is 32.3. The predicted molar refractivity (Wildman–Crippen MR) is 173 cm³/mol. The average molecular weight is 760 g/mol. The van der Waals surface area contributed by atoms with E-state index >= 15 is 0 Å². The van der Waals surface area contributed by atoms with Gasteiger partial charge in [0, 0.05) is 22.9 Å². The number of alkyl halides is 3. The van der Waals surface area contributed by atoms with Crippen LogP contribution in [0.2, 0.25) is 0 Å². The van der Waals surface area contributed by atoms with Gasteiger partial charge in [-0.3, -0.25) is 19.1 Å². The van der Waals surface area contributed by atoms with E-state index in [0.717, 1.165) is 60.3 Å². The lowest BCUT2D eigenvalue weighted by atomic mass is 9.74. The highest BCUT2D eigenvalue weighted by molar-refractivity contribution is 7.80. The third-order valence-corrected chi connectivity index (χ3v) is 8.98. The van der Waals surface area contributed by atoms with E-state index in [1.165, 1.54) is 19.2 Å². The van der Waals surface area contributed by atoms with E-state index in [1.807, 2.05) is 24.3 Å². The Hall–Kier alpha value is -4.44. The number of nitrogens with zero attached hydrogens (tertiary/aromatic N) is 4. The number of hydroxylamine groups is 2. The SMILES string of the molecule is CC1(C)C(CC(=O)/C(=N\OCCOc2ccc3nc(CC4CCNCC4)ccc3c2)c2csc(N)n2)C(=O)N1OS(=O)(=O)O.O=C([O-])C(F)(F)F. The van der Waals surface area contributed by atoms with Gasteiger partial charge in [0.1, 0.15) is 24.0 Å². The quantitative estimate of drug-likeness (QED) is 0.0742. The molecule has 2 aromatic heterocycles. The van der Waals surface area contributed by atoms with Crippen LogP contribution in [-0.2, 0) is 40.3 Å². The van der Waals surface area contributed by atoms with Crippen molar-refractivity contribution >= 4 is 61.1 Å². The predicted octanol–water partition coefficient (Wildman–Crippen LogP) is 1.84. The highest BCUT2D eigenvalue weighted by Crippen LogP contribution is 2.40. The van der Waals surface area contributed by atoms with Crippen LogP contribution in [0.3, 0.4) is 0 Å². The summed E-state index contributed by atoms with van der Waals surface area (Å²) in [5.41, 5.74) is 6.56. The molecule has 4 N–H and O–H groups in total. The molecule has 0 saturated carbocycles. The van der Waals surface area contributed by atoms with Crippen LogP contribution in [0.5, 0.6) is 5.75 Å². The van der Waals surface area contributed by atoms with E-state index in [4.69, 9.17) is 34.7 Å². The number of carboxylic acids is 1. The molecule has 51 heavy (non-hydrogen) atoms. The zero-order valence-electron chi connectivity index (χ0n) is 27.2. The van der Waals surface area contributed by atoms with E-state index in [0.29, 0.717) is 16.7 Å². The van der Waals surface area contributed by atoms with Gasteiger partial charge < -0.3 is 30.5 Å². The molecule has 2 aliphatic heterocycles. The first-order chi connectivity index (χ1) is 23.8. The molecule has 21 heteroatoms. The molecule has 3 aromatic rings. The zero-order chi connectivity index (χ0) is 37.6. The maximum absolute atomic E-state index is 13.2. The number of oxime groups is 1. The number of rotatable bonds is 13. The summed E-state index contributed by atoms with van der Waals surface area (Å²) >= 11 is 1.10. The number of β-lactam (4-membered cyclic amide) rings is 1. The van der Waals surface area contributed by atoms with Crippen LogP contribution in [0.4, 0.5) is 18.3 Å². The van der Waals surface area contributed by atoms with Crippen LogP contribution in [0.1, 0.15) is 44.5 Å². The molecule has 2 aliphatic rings. The summed E-state index contributed by atoms with van der Waals surface area (Å²) in [6, 6.07) is 9.77. The number of anilines is 1. The monoisotopic (exact) mass is 759 g/mol. The topological polar surface area (TPSA) is 236 Å². The molecule has 4 heterocycles. The van der Waals surface area contributed by atoms with Crippen LogP contribution in [0.25, 0.3) is 10.9 Å². The Morgan fingerprint density at radius 1 is 1.18 bits per heavy atom. The second kappa shape index (κ2) is 16.3. The standard InChI is InChI=1S/C28H34N6O8S2.C2HF3O2/c1-28(2)21(26(36)34(28)42-44(37,38)39)15-24(35)25(23-16-43-27(29)32-23)33-41-12-11-40-20-5-6-22-18(14-20)3-4-19(31-22)13-17-7-9-30-10-8-17;3-2(4,5)1(6)7/h3-6,14,16-17,21,30H,7-13,15H2,1-2H3,(H2,29,32)(H,37,38,39);(H,6,7)/p-1/b33-25-;. The van der Waals surface area contributed by atoms with Gasteiger partial charge in [-0.05, 0) is 76.4 Å². The summed E-state index contributed by atoms with van der Waals surface area (Å²) in [6.07, 6.45) is -2.23. The third kappa shape index (κ3) is 10.8. The Labute approximate surface area is 293 Å². The fourth-order valence-electron chi connectivity index (χ4n) is 5.32. The number of nitrogen functional groups attached to an aromatic ring is 1. The van der Waals surface area contributed by atoms with Crippen molar-refractivity contribution in [2.45, 2.75) is 51.2 Å². The third-order valence-electron chi connectivity index (χ3n) is 7.97. The number of thiazole rings is 1. The summed E-state index contributed by atoms with van der Waals surface area (Å²) in [5, 5.41) is 19.4. The Kier molecular flexibility index (Phi) is 12.6. The molecule has 0 bridgehead atoms. The number of carboxylic acid groups (broad SMARTS) is 1. The second-order valence-electron chi connectivity index (χ2n) is 12.0. The van der Waals surface area contributed by atoms with E-state index in [2.05, 4.69) is 25.8 Å². The van der Waals surface area contributed by atoms with Crippen molar-refractivity contribution in [2.24, 2.45) is 17.0 Å². The molecule has 278 valence electrons. The van der Waals surface area contributed by atoms with Crippen LogP contribution in [-0.4, -0.2) is 89.4 Å². The smallest absolute Gasteiger partial charge is 0.430 e. The maximum atomic E-state index is 13.2. The van der Waals surface area contributed by atoms with Crippen molar-refractivity contribution in [1.82, 2.24) is 20.3 Å². The van der Waals surface area contributed by atoms with Crippen molar-refractivity contribution in [3.63, 3.8) is 0 Å². The van der Waals surface area contributed by atoms with E-state index in [-0.39, 0.29) is 36.2 Å². The number of ether oxygens (including phenoxy) is 1. The molecule has 1 amide bonds. The fourth-order valence-corrected chi connectivity index (χ4v) is 6.33. The summed E-state index contributed by atoms with van der Waals surface area (Å²) in [4.78, 5) is 48.8. The van der Waals surface area contributed by atoms with Crippen molar-refractivity contribution in [3.05, 3.63) is 47.1 Å². The number of hydrogen-bond donors (Lipinski definition) is 3. The van der Waals surface area contributed by atoms with E-state index in [9.17, 15) is 31.2 Å². The summed E-state index contributed by atoms with van der Waals surface area (Å²) < 4.78 is 72.8. The Balaban J connectivity index is 0.000000755. The minimum absolute atomic E-state index is 0.00565. The van der Waals surface area contributed by atoms with Gasteiger partial charge in [0.15, 0.2) is 23.2 Å². The largest absolute Gasteiger partial charge is 0.542 e. The normalized spacial score (nSPS) is 18.1. The number of pyridine rings is 1. The number of aromatic nitrogens is 2. The molecule has 0 aliphatic carbocycles. The number of carbonyl (C=O) groups is 3. The van der Waals surface area contributed by atoms with E-state index < -0.39 is 45.7 Å². The van der Waals surface area contributed by atoms with Crippen molar-refractivity contribution in [2.75, 3.05) is 32.0 Å². The summed E-state index contributed by atoms with van der Waals surface area (Å²) in [7, 11) is -4.92. The van der Waals surface area contributed by atoms with Gasteiger partial charge in [0.05, 0.1) is 17.0 Å². The first kappa shape index (κ1) is 39.3. The maximum Gasteiger partial charge on any atom is 0.430 e. The second-order valence-corrected chi connectivity index (χ2v) is 13.9. The number of ketones is 1. The van der Waals surface area contributed by atoms with Crippen molar-refractivity contribution in [1.29, 1.82) is 0 Å². The first-order valence-electron chi connectivity index (χ1n) is 15.3. The number of carbonyl (C=O) groups excluding carboxylic acids is 3. The highest BCUT2D eigenvalue weighted by Gasteiger charge is 2.57. The fraction of sp³-hybridized carbons (Fsp3) is 0.467. The van der Waals surface area contributed by atoms with Crippen LogP contribution < -0.4 is 20.9 Å². The number of fused-ring (bicyclic) bond motifs is 1. The lowest BCUT2D eigenvalue weighted by Gasteiger charge is -2.50. The van der Waals surface area contributed by atoms with Crippen LogP contribution in [0.15, 0.2) is 40.9 Å². The Bertz CT molecular complexity index is 1880. The lowest BCUT2D eigenvalue weighted by molar-refractivity contribution is -0.344. The number of hydrogen-bond acceptors (Lipinski definition) is 15. The molecule has 2 saturated heterocycles. The number of aliphatic carboxylic acids is 1. The molecule has 0 spiro atoms. The van der Waals surface area contributed by atoms with Gasteiger partial charge in [-0.1, -0.05) is 11.2 Å². The molecule has 16 nitrogen and oxygen atoms in total. The summed E-state index contributed by atoms with van der Waals surface area (Å²) in [6.45, 7) is 5.25. The zero-order valence-corrected chi connectivity index (χ0v) is 28.8. The molecular formula is C30H34F3N6O10S2-. The van der Waals surface area contributed by atoms with Gasteiger partial charge in [0.2, 0.25) is 0 Å². The average Bonchev–Trinajstić information content (AvgIpc) is 3.49. The van der Waals surface area contributed by atoms with Gasteiger partial charge in [-0.2, -0.15) is 26.7 Å². The Morgan fingerprint density at radius 2 is 1.86 bits per heavy atom. The number of Topliss-reactive ketones (excluding diaryl/α,β-unsaturated/α-hetero) is 1.